The molecule has 2 unspecified atom stereocenters. The number of hydrogen-bond acceptors (Lipinski definition) is 3. The molecular weight excluding hydrogens is 284 g/mol. The van der Waals surface area contributed by atoms with Crippen LogP contribution < -0.4 is 0 Å². The Morgan fingerprint density at radius 2 is 1.13 bits per heavy atom. The lowest BCUT2D eigenvalue weighted by Crippen LogP contribution is -2.16. The molecule has 3 nitrogen and oxygen atoms in total. The minimum absolute atomic E-state index is 0.139. The summed E-state index contributed by atoms with van der Waals surface area (Å²) in [4.78, 5) is 8.99. The average Bonchev–Trinajstić information content (AvgIpc) is 2.60. The summed E-state index contributed by atoms with van der Waals surface area (Å²) >= 11 is 0. The minimum Gasteiger partial charge on any atom is -0.377 e. The van der Waals surface area contributed by atoms with Gasteiger partial charge in [-0.15, -0.1) is 0 Å². The van der Waals surface area contributed by atoms with E-state index >= 15 is 0 Å². The second-order valence-corrected chi connectivity index (χ2v) is 5.61. The van der Waals surface area contributed by atoms with Gasteiger partial charge in [0.15, 0.2) is 0 Å². The van der Waals surface area contributed by atoms with Crippen LogP contribution in [0.2, 0.25) is 0 Å². The van der Waals surface area contributed by atoms with Crippen molar-refractivity contribution in [3.8, 4) is 0 Å². The van der Waals surface area contributed by atoms with Crippen molar-refractivity contribution in [3.05, 3.63) is 71.8 Å². The summed E-state index contributed by atoms with van der Waals surface area (Å²) in [6.07, 6.45) is 3.79. The fourth-order valence-electron chi connectivity index (χ4n) is 2.00. The summed E-state index contributed by atoms with van der Waals surface area (Å²) in [5.41, 5.74) is 2.22. The molecule has 0 heterocycles. The van der Waals surface area contributed by atoms with Crippen LogP contribution in [0, 0.1) is 0 Å². The van der Waals surface area contributed by atoms with Crippen molar-refractivity contribution in [1.29, 1.82) is 0 Å². The molecule has 0 aromatic heterocycles. The first-order chi connectivity index (χ1) is 11.2. The van der Waals surface area contributed by atoms with Gasteiger partial charge in [-0.05, 0) is 25.0 Å². The maximum Gasteiger partial charge on any atom is 0.0705 e. The highest BCUT2D eigenvalue weighted by atomic mass is 16.5. The third kappa shape index (κ3) is 7.02. The molecule has 2 aromatic rings. The quantitative estimate of drug-likeness (QED) is 0.678. The molecule has 2 aromatic carbocycles. The summed E-state index contributed by atoms with van der Waals surface area (Å²) < 4.78 is 5.71. The number of nitrogens with zero attached hydrogens (tertiary/aromatic N) is 2. The number of rotatable bonds is 8. The van der Waals surface area contributed by atoms with Gasteiger partial charge in [-0.3, -0.25) is 9.98 Å². The van der Waals surface area contributed by atoms with Crippen LogP contribution in [-0.4, -0.2) is 37.7 Å². The molecular formula is C20H24N2O. The predicted octanol–water partition coefficient (Wildman–Crippen LogP) is 4.02. The van der Waals surface area contributed by atoms with Gasteiger partial charge < -0.3 is 4.74 Å². The van der Waals surface area contributed by atoms with Crippen LogP contribution >= 0.6 is 0 Å². The second kappa shape index (κ2) is 9.70. The van der Waals surface area contributed by atoms with Crippen LogP contribution in [0.15, 0.2) is 70.6 Å². The van der Waals surface area contributed by atoms with E-state index in [9.17, 15) is 0 Å². The molecule has 0 aliphatic rings. The van der Waals surface area contributed by atoms with E-state index in [4.69, 9.17) is 4.74 Å². The maximum atomic E-state index is 5.71. The molecule has 0 aliphatic carbocycles. The third-order valence-corrected chi connectivity index (χ3v) is 3.27. The minimum atomic E-state index is 0.139. The van der Waals surface area contributed by atoms with Crippen LogP contribution in [0.4, 0.5) is 0 Å². The first kappa shape index (κ1) is 17.1. The zero-order valence-electron chi connectivity index (χ0n) is 13.8. The van der Waals surface area contributed by atoms with E-state index in [1.165, 1.54) is 0 Å². The Morgan fingerprint density at radius 3 is 1.52 bits per heavy atom. The average molecular weight is 308 g/mol. The normalized spacial score (nSPS) is 14.3. The molecule has 0 saturated carbocycles. The smallest absolute Gasteiger partial charge is 0.0705 e. The maximum absolute atomic E-state index is 5.71. The van der Waals surface area contributed by atoms with Crippen molar-refractivity contribution in [2.75, 3.05) is 13.2 Å². The molecule has 0 radical (unpaired) electrons. The Morgan fingerprint density at radius 1 is 0.739 bits per heavy atom. The standard InChI is InChI=1S/C20H24N2O/c1-17(21-13-19-9-5-3-6-10-19)15-23-16-18(2)22-14-20-11-7-4-8-12-20/h3-14,17-18H,15-16H2,1-2H3. The van der Waals surface area contributed by atoms with Crippen LogP contribution in [-0.2, 0) is 4.74 Å². The van der Waals surface area contributed by atoms with Crippen molar-refractivity contribution >= 4 is 12.4 Å². The largest absolute Gasteiger partial charge is 0.377 e. The molecule has 23 heavy (non-hydrogen) atoms. The Labute approximate surface area is 138 Å². The van der Waals surface area contributed by atoms with Gasteiger partial charge in [-0.2, -0.15) is 0 Å². The highest BCUT2D eigenvalue weighted by molar-refractivity contribution is 5.79. The van der Waals surface area contributed by atoms with Gasteiger partial charge in [0.05, 0.1) is 25.3 Å². The molecule has 0 aliphatic heterocycles. The summed E-state index contributed by atoms with van der Waals surface area (Å²) in [6, 6.07) is 20.5. The Hall–Kier alpha value is -2.26. The number of aliphatic imine (C=N–C) groups is 2. The van der Waals surface area contributed by atoms with E-state index in [0.29, 0.717) is 13.2 Å². The molecule has 0 bridgehead atoms. The monoisotopic (exact) mass is 308 g/mol. The van der Waals surface area contributed by atoms with Crippen molar-refractivity contribution in [2.24, 2.45) is 9.98 Å². The number of ether oxygens (including phenoxy) is 1. The highest BCUT2D eigenvalue weighted by Gasteiger charge is 2.02. The van der Waals surface area contributed by atoms with Gasteiger partial charge in [-0.25, -0.2) is 0 Å². The van der Waals surface area contributed by atoms with Crippen molar-refractivity contribution in [1.82, 2.24) is 0 Å². The molecule has 0 amide bonds. The SMILES string of the molecule is CC(COCC(C)N=Cc1ccccc1)N=Cc1ccccc1. The lowest BCUT2D eigenvalue weighted by molar-refractivity contribution is 0.116. The molecule has 3 heteroatoms. The van der Waals surface area contributed by atoms with Crippen molar-refractivity contribution in [3.63, 3.8) is 0 Å². The van der Waals surface area contributed by atoms with Gasteiger partial charge in [0.25, 0.3) is 0 Å². The Kier molecular flexibility index (Phi) is 7.21. The highest BCUT2D eigenvalue weighted by Crippen LogP contribution is 2.00. The van der Waals surface area contributed by atoms with Gasteiger partial charge in [0.1, 0.15) is 0 Å². The van der Waals surface area contributed by atoms with E-state index in [0.717, 1.165) is 11.1 Å². The fraction of sp³-hybridized carbons (Fsp3) is 0.300. The van der Waals surface area contributed by atoms with E-state index in [1.807, 2.05) is 73.1 Å². The number of benzene rings is 2. The van der Waals surface area contributed by atoms with Crippen LogP contribution in [0.25, 0.3) is 0 Å². The lowest BCUT2D eigenvalue weighted by atomic mass is 10.2. The van der Waals surface area contributed by atoms with Crippen molar-refractivity contribution in [2.45, 2.75) is 25.9 Å². The molecule has 0 fully saturated rings. The van der Waals surface area contributed by atoms with Gasteiger partial charge in [0, 0.05) is 12.4 Å². The van der Waals surface area contributed by atoms with Crippen molar-refractivity contribution < 1.29 is 4.74 Å². The second-order valence-electron chi connectivity index (χ2n) is 5.61. The van der Waals surface area contributed by atoms with E-state index in [1.54, 1.807) is 0 Å². The summed E-state index contributed by atoms with van der Waals surface area (Å²) in [5, 5.41) is 0. The molecule has 2 rings (SSSR count). The Balaban J connectivity index is 1.68. The van der Waals surface area contributed by atoms with E-state index < -0.39 is 0 Å². The van der Waals surface area contributed by atoms with E-state index in [2.05, 4.69) is 23.8 Å². The zero-order valence-corrected chi connectivity index (χ0v) is 13.8. The van der Waals surface area contributed by atoms with Gasteiger partial charge >= 0.3 is 0 Å². The topological polar surface area (TPSA) is 34.0 Å². The summed E-state index contributed by atoms with van der Waals surface area (Å²) in [5.74, 6) is 0. The molecule has 120 valence electrons. The first-order valence-corrected chi connectivity index (χ1v) is 7.98. The Bertz CT molecular complexity index is 553. The zero-order chi connectivity index (χ0) is 16.3. The van der Waals surface area contributed by atoms with Gasteiger partial charge in [0.2, 0.25) is 0 Å². The molecule has 2 atom stereocenters. The van der Waals surface area contributed by atoms with Crippen LogP contribution in [0.1, 0.15) is 25.0 Å². The summed E-state index contributed by atoms with van der Waals surface area (Å²) in [7, 11) is 0. The first-order valence-electron chi connectivity index (χ1n) is 7.98. The molecule has 0 N–H and O–H groups in total. The van der Waals surface area contributed by atoms with Crippen LogP contribution in [0.3, 0.4) is 0 Å². The molecule has 0 spiro atoms. The third-order valence-electron chi connectivity index (χ3n) is 3.27. The van der Waals surface area contributed by atoms with E-state index in [-0.39, 0.29) is 12.1 Å². The number of hydrogen-bond donors (Lipinski definition) is 0. The molecule has 0 saturated heterocycles. The predicted molar refractivity (Wildman–Crippen MR) is 97.8 cm³/mol. The summed E-state index contributed by atoms with van der Waals surface area (Å²) in [6.45, 7) is 5.32. The van der Waals surface area contributed by atoms with Crippen LogP contribution in [0.5, 0.6) is 0 Å². The van der Waals surface area contributed by atoms with Gasteiger partial charge in [-0.1, -0.05) is 60.7 Å². The lowest BCUT2D eigenvalue weighted by Gasteiger charge is -2.10. The fourth-order valence-corrected chi connectivity index (χ4v) is 2.00.